The van der Waals surface area contributed by atoms with E-state index in [4.69, 9.17) is 5.11 Å². The summed E-state index contributed by atoms with van der Waals surface area (Å²) in [5, 5.41) is 8.17. The Kier molecular flexibility index (Phi) is 4.67. The van der Waals surface area contributed by atoms with Crippen LogP contribution in [0, 0.1) is 0 Å². The van der Waals surface area contributed by atoms with Gasteiger partial charge in [0.15, 0.2) is 0 Å². The molecule has 0 aromatic carbocycles. The third-order valence-electron chi connectivity index (χ3n) is 0.523. The van der Waals surface area contributed by atoms with Crippen molar-refractivity contribution in [2.75, 3.05) is 0 Å². The average Bonchev–Trinajstić information content (AvgIpc) is 1.31. The molecule has 0 atom stereocenters. The van der Waals surface area contributed by atoms with E-state index in [1.54, 1.807) is 0 Å². The van der Waals surface area contributed by atoms with E-state index in [2.05, 4.69) is 12.6 Å². The minimum absolute atomic E-state index is 0. The molecule has 0 fully saturated rings. The first kappa shape index (κ1) is 11.1. The summed E-state index contributed by atoms with van der Waals surface area (Å²) in [6, 6.07) is 0. The topological polar surface area (TPSA) is 37.3 Å². The quantitative estimate of drug-likeness (QED) is 0.628. The molecule has 4 heteroatoms. The maximum Gasteiger partial charge on any atom is 0.318 e. The Bertz CT molecular complexity index is 86.5. The predicted octanol–water partition coefficient (Wildman–Crippen LogP) is 1.36. The van der Waals surface area contributed by atoms with Crippen molar-refractivity contribution < 1.29 is 9.90 Å². The third-order valence-corrected chi connectivity index (χ3v) is 0.715. The molecule has 50 valence electrons. The van der Waals surface area contributed by atoms with E-state index in [-0.39, 0.29) is 17.0 Å². The van der Waals surface area contributed by atoms with Gasteiger partial charge in [0.2, 0.25) is 0 Å². The van der Waals surface area contributed by atoms with Crippen molar-refractivity contribution in [1.29, 1.82) is 0 Å². The molecule has 0 unspecified atom stereocenters. The van der Waals surface area contributed by atoms with Gasteiger partial charge in [0.05, 0.1) is 0 Å². The number of rotatable bonds is 1. The molecule has 0 radical (unpaired) electrons. The summed E-state index contributed by atoms with van der Waals surface area (Å²) in [5.41, 5.74) is 0. The van der Waals surface area contributed by atoms with Gasteiger partial charge in [0.25, 0.3) is 0 Å². The zero-order valence-electron chi connectivity index (χ0n) is 4.71. The highest BCUT2D eigenvalue weighted by Crippen LogP contribution is 2.10. The van der Waals surface area contributed by atoms with Crippen LogP contribution in [-0.2, 0) is 4.79 Å². The second-order valence-electron chi connectivity index (χ2n) is 1.86. The van der Waals surface area contributed by atoms with Crippen molar-refractivity contribution in [2.24, 2.45) is 0 Å². The summed E-state index contributed by atoms with van der Waals surface area (Å²) in [6.07, 6.45) is 0. The van der Waals surface area contributed by atoms with Crippen LogP contribution >= 0.6 is 29.6 Å². The second kappa shape index (κ2) is 3.35. The molecule has 0 spiro atoms. The van der Waals surface area contributed by atoms with Crippen LogP contribution in [0.3, 0.4) is 0 Å². The number of hydrogen-bond donors (Lipinski definition) is 2. The normalized spacial score (nSPS) is 9.88. The Morgan fingerprint density at radius 1 is 1.62 bits per heavy atom. The predicted molar refractivity (Wildman–Crippen MR) is 41.0 cm³/mol. The summed E-state index contributed by atoms with van der Waals surface area (Å²) in [7, 11) is 0. The zero-order chi connectivity index (χ0) is 6.08. The molecule has 0 aliphatic carbocycles. The van der Waals surface area contributed by atoms with Gasteiger partial charge in [0, 0.05) is 0 Å². The SMILES string of the molecule is Br.CC(C)(S)C(=O)O. The van der Waals surface area contributed by atoms with E-state index in [1.165, 1.54) is 13.8 Å². The van der Waals surface area contributed by atoms with Crippen molar-refractivity contribution in [1.82, 2.24) is 0 Å². The van der Waals surface area contributed by atoms with Crippen LogP contribution in [0.4, 0.5) is 0 Å². The molecule has 0 aliphatic heterocycles. The van der Waals surface area contributed by atoms with E-state index in [0.717, 1.165) is 0 Å². The second-order valence-corrected chi connectivity index (χ2v) is 2.98. The summed E-state index contributed by atoms with van der Waals surface area (Å²) in [6.45, 7) is 3.05. The number of halogens is 1. The lowest BCUT2D eigenvalue weighted by molar-refractivity contribution is -0.138. The fourth-order valence-corrected chi connectivity index (χ4v) is 0. The van der Waals surface area contributed by atoms with Gasteiger partial charge in [-0.25, -0.2) is 0 Å². The Morgan fingerprint density at radius 2 is 1.75 bits per heavy atom. The summed E-state index contributed by atoms with van der Waals surface area (Å²) in [4.78, 5) is 9.94. The lowest BCUT2D eigenvalue weighted by atomic mass is 10.2. The summed E-state index contributed by atoms with van der Waals surface area (Å²) in [5.74, 6) is -0.893. The molecular weight excluding hydrogens is 192 g/mol. The number of hydrogen-bond acceptors (Lipinski definition) is 2. The van der Waals surface area contributed by atoms with Gasteiger partial charge >= 0.3 is 5.97 Å². The number of thiol groups is 1. The van der Waals surface area contributed by atoms with Gasteiger partial charge in [-0.15, -0.1) is 17.0 Å². The monoisotopic (exact) mass is 200 g/mol. The molecule has 0 aromatic rings. The minimum Gasteiger partial charge on any atom is -0.480 e. The van der Waals surface area contributed by atoms with E-state index < -0.39 is 10.7 Å². The maximum atomic E-state index is 9.94. The molecule has 0 saturated heterocycles. The molecule has 0 saturated carbocycles. The molecule has 0 heterocycles. The Hall–Kier alpha value is 0.300. The van der Waals surface area contributed by atoms with Crippen molar-refractivity contribution >= 4 is 35.6 Å². The molecule has 0 amide bonds. The Balaban J connectivity index is 0. The van der Waals surface area contributed by atoms with Gasteiger partial charge in [-0.1, -0.05) is 0 Å². The first-order valence-corrected chi connectivity index (χ1v) is 2.35. The van der Waals surface area contributed by atoms with Gasteiger partial charge in [-0.2, -0.15) is 12.6 Å². The van der Waals surface area contributed by atoms with Crippen LogP contribution in [0.15, 0.2) is 0 Å². The average molecular weight is 201 g/mol. The molecule has 0 aliphatic rings. The fraction of sp³-hybridized carbons (Fsp3) is 0.750. The number of carboxylic acid groups (broad SMARTS) is 1. The molecule has 8 heavy (non-hydrogen) atoms. The highest BCUT2D eigenvalue weighted by Gasteiger charge is 2.20. The third kappa shape index (κ3) is 4.46. The number of aliphatic carboxylic acids is 1. The Labute approximate surface area is 64.5 Å². The largest absolute Gasteiger partial charge is 0.480 e. The molecule has 2 nitrogen and oxygen atoms in total. The van der Waals surface area contributed by atoms with Gasteiger partial charge in [-0.3, -0.25) is 4.79 Å². The summed E-state index contributed by atoms with van der Waals surface area (Å²) >= 11 is 3.75. The lowest BCUT2D eigenvalue weighted by Gasteiger charge is -2.07. The van der Waals surface area contributed by atoms with E-state index in [9.17, 15) is 4.79 Å². The van der Waals surface area contributed by atoms with Crippen LogP contribution in [0.5, 0.6) is 0 Å². The molecule has 0 rings (SSSR count). The van der Waals surface area contributed by atoms with Crippen molar-refractivity contribution in [3.8, 4) is 0 Å². The van der Waals surface area contributed by atoms with Crippen LogP contribution < -0.4 is 0 Å². The molecule has 0 aromatic heterocycles. The van der Waals surface area contributed by atoms with E-state index >= 15 is 0 Å². The van der Waals surface area contributed by atoms with Gasteiger partial charge in [-0.05, 0) is 13.8 Å². The van der Waals surface area contributed by atoms with Crippen LogP contribution in [-0.4, -0.2) is 15.8 Å². The standard InChI is InChI=1S/C4H8O2S.BrH/c1-4(2,7)3(5)6;/h7H,1-2H3,(H,5,6);1H. The summed E-state index contributed by atoms with van der Waals surface area (Å²) < 4.78 is -0.889. The smallest absolute Gasteiger partial charge is 0.318 e. The molecular formula is C4H9BrO2S. The lowest BCUT2D eigenvalue weighted by Crippen LogP contribution is -2.23. The van der Waals surface area contributed by atoms with Crippen LogP contribution in [0.1, 0.15) is 13.8 Å². The van der Waals surface area contributed by atoms with Crippen molar-refractivity contribution in [3.63, 3.8) is 0 Å². The van der Waals surface area contributed by atoms with Gasteiger partial charge in [0.1, 0.15) is 4.75 Å². The van der Waals surface area contributed by atoms with Crippen LogP contribution in [0.2, 0.25) is 0 Å². The number of carbonyl (C=O) groups is 1. The van der Waals surface area contributed by atoms with E-state index in [1.807, 2.05) is 0 Å². The van der Waals surface area contributed by atoms with Crippen molar-refractivity contribution in [3.05, 3.63) is 0 Å². The fourth-order valence-electron chi connectivity index (χ4n) is 0. The highest BCUT2D eigenvalue weighted by atomic mass is 79.9. The zero-order valence-corrected chi connectivity index (χ0v) is 7.32. The molecule has 0 bridgehead atoms. The highest BCUT2D eigenvalue weighted by molar-refractivity contribution is 8.93. The Morgan fingerprint density at radius 3 is 1.75 bits per heavy atom. The first-order valence-electron chi connectivity index (χ1n) is 1.90. The molecule has 1 N–H and O–H groups in total. The van der Waals surface area contributed by atoms with Crippen LogP contribution in [0.25, 0.3) is 0 Å². The van der Waals surface area contributed by atoms with E-state index in [0.29, 0.717) is 0 Å². The number of carboxylic acids is 1. The first-order chi connectivity index (χ1) is 2.94. The van der Waals surface area contributed by atoms with Gasteiger partial charge < -0.3 is 5.11 Å². The minimum atomic E-state index is -0.893. The maximum absolute atomic E-state index is 9.94. The van der Waals surface area contributed by atoms with Crippen molar-refractivity contribution in [2.45, 2.75) is 18.6 Å².